The zero-order chi connectivity index (χ0) is 17.6. The minimum absolute atomic E-state index is 0.440. The Balaban J connectivity index is 2.34. The van der Waals surface area contributed by atoms with Crippen molar-refractivity contribution in [3.63, 3.8) is 0 Å². The molecule has 0 heterocycles. The average molecular weight is 335 g/mol. The Kier molecular flexibility index (Phi) is 10.7. The van der Waals surface area contributed by atoms with Crippen LogP contribution in [0.25, 0.3) is 0 Å². The second-order valence-corrected chi connectivity index (χ2v) is 6.08. The summed E-state index contributed by atoms with van der Waals surface area (Å²) in [7, 11) is 3.53. The number of nitrogens with zero attached hydrogens (tertiary/aromatic N) is 1. The Morgan fingerprint density at radius 1 is 1.21 bits per heavy atom. The first-order valence-corrected chi connectivity index (χ1v) is 8.98. The summed E-state index contributed by atoms with van der Waals surface area (Å²) in [6.07, 6.45) is 4.99. The van der Waals surface area contributed by atoms with Gasteiger partial charge in [0.05, 0.1) is 6.61 Å². The molecular weight excluding hydrogens is 300 g/mol. The van der Waals surface area contributed by atoms with E-state index in [-0.39, 0.29) is 0 Å². The van der Waals surface area contributed by atoms with Crippen molar-refractivity contribution in [2.45, 2.75) is 52.1 Å². The summed E-state index contributed by atoms with van der Waals surface area (Å²) in [4.78, 5) is 4.31. The van der Waals surface area contributed by atoms with Crippen molar-refractivity contribution in [3.05, 3.63) is 29.8 Å². The molecule has 136 valence electrons. The molecule has 3 N–H and O–H groups in total. The van der Waals surface area contributed by atoms with Crippen LogP contribution < -0.4 is 16.0 Å². The van der Waals surface area contributed by atoms with Crippen LogP contribution in [0.5, 0.6) is 0 Å². The van der Waals surface area contributed by atoms with Crippen molar-refractivity contribution in [2.75, 3.05) is 32.6 Å². The Labute approximate surface area is 147 Å². The zero-order valence-electron chi connectivity index (χ0n) is 15.7. The summed E-state index contributed by atoms with van der Waals surface area (Å²) in [5.41, 5.74) is 2.34. The van der Waals surface area contributed by atoms with E-state index in [0.29, 0.717) is 12.6 Å². The number of hydrogen-bond acceptors (Lipinski definition) is 3. The molecule has 1 aromatic carbocycles. The average Bonchev–Trinajstić information content (AvgIpc) is 2.60. The van der Waals surface area contributed by atoms with Gasteiger partial charge in [-0.25, -0.2) is 0 Å². The Morgan fingerprint density at radius 2 is 1.96 bits per heavy atom. The lowest BCUT2D eigenvalue weighted by atomic mass is 10.1. The quantitative estimate of drug-likeness (QED) is 0.330. The van der Waals surface area contributed by atoms with Crippen LogP contribution in [0.2, 0.25) is 0 Å². The van der Waals surface area contributed by atoms with Gasteiger partial charge in [0.25, 0.3) is 0 Å². The molecule has 0 spiro atoms. The number of methoxy groups -OCH3 is 1. The molecule has 0 amide bonds. The molecule has 0 aliphatic rings. The van der Waals surface area contributed by atoms with Gasteiger partial charge in [-0.05, 0) is 31.0 Å². The summed E-state index contributed by atoms with van der Waals surface area (Å²) >= 11 is 0. The van der Waals surface area contributed by atoms with Crippen molar-refractivity contribution < 1.29 is 4.74 Å². The van der Waals surface area contributed by atoms with Crippen LogP contribution >= 0.6 is 0 Å². The Hall–Kier alpha value is -1.75. The number of aliphatic imine (C=N–C) groups is 1. The molecule has 1 unspecified atom stereocenters. The third-order valence-corrected chi connectivity index (χ3v) is 3.90. The monoisotopic (exact) mass is 334 g/mol. The first-order valence-electron chi connectivity index (χ1n) is 8.98. The molecule has 0 aliphatic carbocycles. The molecule has 0 radical (unpaired) electrons. The van der Waals surface area contributed by atoms with Crippen molar-refractivity contribution >= 4 is 11.6 Å². The molecule has 0 saturated carbocycles. The predicted molar refractivity (Wildman–Crippen MR) is 104 cm³/mol. The number of anilines is 1. The maximum atomic E-state index is 5.03. The second-order valence-electron chi connectivity index (χ2n) is 6.08. The Bertz CT molecular complexity index is 459. The number of hydrogen-bond donors (Lipinski definition) is 3. The van der Waals surface area contributed by atoms with Crippen LogP contribution in [0, 0.1) is 0 Å². The fourth-order valence-electron chi connectivity index (χ4n) is 2.42. The van der Waals surface area contributed by atoms with Gasteiger partial charge in [0.15, 0.2) is 5.96 Å². The highest BCUT2D eigenvalue weighted by molar-refractivity contribution is 5.79. The summed E-state index contributed by atoms with van der Waals surface area (Å²) in [6.45, 7) is 6.74. The summed E-state index contributed by atoms with van der Waals surface area (Å²) in [5, 5.41) is 10.1. The van der Waals surface area contributed by atoms with Crippen molar-refractivity contribution in [1.82, 2.24) is 10.6 Å². The van der Waals surface area contributed by atoms with Crippen molar-refractivity contribution in [2.24, 2.45) is 4.99 Å². The van der Waals surface area contributed by atoms with Gasteiger partial charge in [-0.15, -0.1) is 0 Å². The number of rotatable bonds is 11. The lowest BCUT2D eigenvalue weighted by Crippen LogP contribution is -2.41. The molecule has 1 atom stereocenters. The van der Waals surface area contributed by atoms with Gasteiger partial charge in [-0.2, -0.15) is 0 Å². The smallest absolute Gasteiger partial charge is 0.191 e. The maximum absolute atomic E-state index is 5.03. The highest BCUT2D eigenvalue weighted by Gasteiger charge is 2.05. The third-order valence-electron chi connectivity index (χ3n) is 3.90. The van der Waals surface area contributed by atoms with E-state index in [1.54, 1.807) is 7.11 Å². The van der Waals surface area contributed by atoms with Gasteiger partial charge in [0.1, 0.15) is 0 Å². The van der Waals surface area contributed by atoms with Gasteiger partial charge in [-0.1, -0.05) is 38.3 Å². The normalized spacial score (nSPS) is 12.8. The molecule has 0 aromatic heterocycles. The molecule has 0 bridgehead atoms. The van der Waals surface area contributed by atoms with E-state index in [2.05, 4.69) is 59.1 Å². The summed E-state index contributed by atoms with van der Waals surface area (Å²) in [5.74, 6) is 0.862. The lowest BCUT2D eigenvalue weighted by Gasteiger charge is -2.18. The number of nitrogens with one attached hydrogen (secondary N) is 3. The molecule has 0 fully saturated rings. The van der Waals surface area contributed by atoms with Gasteiger partial charge in [0, 0.05) is 39.0 Å². The van der Waals surface area contributed by atoms with E-state index >= 15 is 0 Å². The molecule has 24 heavy (non-hydrogen) atoms. The van der Waals surface area contributed by atoms with Crippen LogP contribution in [0.4, 0.5) is 5.69 Å². The molecule has 1 rings (SSSR count). The van der Waals surface area contributed by atoms with Gasteiger partial charge in [0.2, 0.25) is 0 Å². The molecule has 5 heteroatoms. The molecule has 5 nitrogen and oxygen atoms in total. The van der Waals surface area contributed by atoms with Crippen LogP contribution in [0.3, 0.4) is 0 Å². The Morgan fingerprint density at radius 3 is 2.58 bits per heavy atom. The van der Waals surface area contributed by atoms with Crippen molar-refractivity contribution in [3.8, 4) is 0 Å². The lowest BCUT2D eigenvalue weighted by molar-refractivity contribution is 0.211. The van der Waals surface area contributed by atoms with E-state index in [4.69, 9.17) is 4.74 Å². The molecule has 1 aromatic rings. The summed E-state index contributed by atoms with van der Waals surface area (Å²) < 4.78 is 5.03. The van der Waals surface area contributed by atoms with Gasteiger partial charge < -0.3 is 20.7 Å². The topological polar surface area (TPSA) is 57.7 Å². The van der Waals surface area contributed by atoms with Crippen LogP contribution in [-0.2, 0) is 11.3 Å². The fourth-order valence-corrected chi connectivity index (χ4v) is 2.42. The van der Waals surface area contributed by atoms with Crippen LogP contribution in [0.15, 0.2) is 29.3 Å². The number of guanidine groups is 1. The first-order chi connectivity index (χ1) is 11.7. The molecular formula is C19H34N4O. The highest BCUT2D eigenvalue weighted by atomic mass is 16.5. The van der Waals surface area contributed by atoms with E-state index < -0.39 is 0 Å². The summed E-state index contributed by atoms with van der Waals surface area (Å²) in [6, 6.07) is 8.88. The minimum atomic E-state index is 0.440. The van der Waals surface area contributed by atoms with E-state index in [1.165, 1.54) is 31.2 Å². The zero-order valence-corrected chi connectivity index (χ0v) is 15.7. The number of unbranched alkanes of at least 4 members (excludes halogenated alkanes) is 2. The number of ether oxygens (including phenoxy) is 1. The van der Waals surface area contributed by atoms with Crippen LogP contribution in [0.1, 0.15) is 45.1 Å². The van der Waals surface area contributed by atoms with Gasteiger partial charge in [-0.3, -0.25) is 4.99 Å². The second kappa shape index (κ2) is 12.6. The third kappa shape index (κ3) is 8.77. The van der Waals surface area contributed by atoms with E-state index in [0.717, 1.165) is 24.7 Å². The van der Waals surface area contributed by atoms with E-state index in [1.807, 2.05) is 7.05 Å². The number of benzene rings is 1. The molecule has 0 aliphatic heterocycles. The maximum Gasteiger partial charge on any atom is 0.191 e. The first kappa shape index (κ1) is 20.3. The largest absolute Gasteiger partial charge is 0.383 e. The van der Waals surface area contributed by atoms with Crippen LogP contribution in [-0.4, -0.2) is 39.3 Å². The standard InChI is InChI=1S/C19H34N4O/c1-5-6-7-8-16(2)23-19(20-3)22-15-17-9-11-18(12-10-17)21-13-14-24-4/h9-12,16,21H,5-8,13-15H2,1-4H3,(H2,20,22,23). The molecule has 0 saturated heterocycles. The SMILES string of the molecule is CCCCCC(C)NC(=NC)NCc1ccc(NCCOC)cc1. The predicted octanol–water partition coefficient (Wildman–Crippen LogP) is 3.38. The minimum Gasteiger partial charge on any atom is -0.383 e. The fraction of sp³-hybridized carbons (Fsp3) is 0.632. The van der Waals surface area contributed by atoms with Gasteiger partial charge >= 0.3 is 0 Å². The van der Waals surface area contributed by atoms with Crippen molar-refractivity contribution in [1.29, 1.82) is 0 Å². The van der Waals surface area contributed by atoms with E-state index in [9.17, 15) is 0 Å². The highest BCUT2D eigenvalue weighted by Crippen LogP contribution is 2.09.